The fourth-order valence-electron chi connectivity index (χ4n) is 1.73. The highest BCUT2D eigenvalue weighted by atomic mass is 19.4. The molecule has 0 fully saturated rings. The van der Waals surface area contributed by atoms with Gasteiger partial charge in [-0.05, 0) is 31.9 Å². The van der Waals surface area contributed by atoms with Crippen LogP contribution in [0.5, 0.6) is 0 Å². The summed E-state index contributed by atoms with van der Waals surface area (Å²) in [6.45, 7) is 2.77. The molecule has 1 amide bonds. The van der Waals surface area contributed by atoms with Crippen molar-refractivity contribution in [2.75, 3.05) is 19.8 Å². The lowest BCUT2D eigenvalue weighted by atomic mass is 10.1. The fraction of sp³-hybridized carbons (Fsp3) is 0.500. The van der Waals surface area contributed by atoms with Gasteiger partial charge in [0, 0.05) is 18.7 Å². The van der Waals surface area contributed by atoms with Crippen molar-refractivity contribution >= 4 is 5.91 Å². The number of alkyl halides is 3. The van der Waals surface area contributed by atoms with Crippen LogP contribution in [-0.4, -0.2) is 31.8 Å². The maximum Gasteiger partial charge on any atom is 0.411 e. The molecule has 3 nitrogen and oxygen atoms in total. The number of benzene rings is 1. The molecule has 0 heterocycles. The highest BCUT2D eigenvalue weighted by Gasteiger charge is 2.27. The van der Waals surface area contributed by atoms with Crippen molar-refractivity contribution in [3.05, 3.63) is 34.9 Å². The minimum absolute atomic E-state index is 0.0350. The van der Waals surface area contributed by atoms with Crippen LogP contribution in [0.25, 0.3) is 0 Å². The monoisotopic (exact) mass is 289 g/mol. The van der Waals surface area contributed by atoms with Crippen LogP contribution in [0.2, 0.25) is 0 Å². The number of aryl methyl sites for hydroxylation is 2. The Bertz CT molecular complexity index is 458. The van der Waals surface area contributed by atoms with Gasteiger partial charge in [0.1, 0.15) is 6.61 Å². The molecule has 6 heteroatoms. The van der Waals surface area contributed by atoms with E-state index in [0.717, 1.165) is 11.1 Å². The molecule has 0 aliphatic carbocycles. The lowest BCUT2D eigenvalue weighted by Crippen LogP contribution is -2.26. The number of amides is 1. The van der Waals surface area contributed by atoms with E-state index in [1.165, 1.54) is 0 Å². The first-order valence-corrected chi connectivity index (χ1v) is 6.29. The van der Waals surface area contributed by atoms with Crippen molar-refractivity contribution in [2.45, 2.75) is 26.4 Å². The molecule has 0 saturated heterocycles. The average molecular weight is 289 g/mol. The summed E-state index contributed by atoms with van der Waals surface area (Å²) in [4.78, 5) is 11.8. The number of carbonyl (C=O) groups is 1. The SMILES string of the molecule is Cc1ccc(C(=O)NCCCOCC(F)(F)F)c(C)c1. The number of rotatable bonds is 6. The number of ether oxygens (including phenoxy) is 1. The van der Waals surface area contributed by atoms with Crippen LogP contribution >= 0.6 is 0 Å². The van der Waals surface area contributed by atoms with Crippen LogP contribution in [0.4, 0.5) is 13.2 Å². The maximum atomic E-state index is 11.8. The third-order valence-electron chi connectivity index (χ3n) is 2.64. The van der Waals surface area contributed by atoms with Crippen molar-refractivity contribution in [3.63, 3.8) is 0 Å². The van der Waals surface area contributed by atoms with Crippen molar-refractivity contribution in [3.8, 4) is 0 Å². The molecule has 0 radical (unpaired) electrons. The third kappa shape index (κ3) is 6.06. The average Bonchev–Trinajstić information content (AvgIpc) is 2.32. The zero-order valence-electron chi connectivity index (χ0n) is 11.5. The van der Waals surface area contributed by atoms with E-state index in [-0.39, 0.29) is 19.1 Å². The molecule has 112 valence electrons. The van der Waals surface area contributed by atoms with Gasteiger partial charge >= 0.3 is 6.18 Å². The highest BCUT2D eigenvalue weighted by Crippen LogP contribution is 2.14. The molecular formula is C14H18F3NO2. The molecule has 20 heavy (non-hydrogen) atoms. The van der Waals surface area contributed by atoms with E-state index in [0.29, 0.717) is 12.0 Å². The van der Waals surface area contributed by atoms with Crippen molar-refractivity contribution in [1.82, 2.24) is 5.32 Å². The lowest BCUT2D eigenvalue weighted by Gasteiger charge is -2.09. The molecule has 1 N–H and O–H groups in total. The number of hydrogen-bond acceptors (Lipinski definition) is 2. The number of halogens is 3. The van der Waals surface area contributed by atoms with Gasteiger partial charge in [0.2, 0.25) is 0 Å². The Morgan fingerprint density at radius 1 is 1.30 bits per heavy atom. The van der Waals surface area contributed by atoms with E-state index in [2.05, 4.69) is 10.1 Å². The summed E-state index contributed by atoms with van der Waals surface area (Å²) >= 11 is 0. The Hall–Kier alpha value is -1.56. The Morgan fingerprint density at radius 3 is 2.60 bits per heavy atom. The van der Waals surface area contributed by atoms with E-state index < -0.39 is 12.8 Å². The van der Waals surface area contributed by atoms with Crippen molar-refractivity contribution < 1.29 is 22.7 Å². The molecule has 0 spiro atoms. The van der Waals surface area contributed by atoms with Crippen LogP contribution in [-0.2, 0) is 4.74 Å². The predicted octanol–water partition coefficient (Wildman–Crippen LogP) is 3.00. The maximum absolute atomic E-state index is 11.8. The van der Waals surface area contributed by atoms with Crippen molar-refractivity contribution in [2.24, 2.45) is 0 Å². The molecular weight excluding hydrogens is 271 g/mol. The second-order valence-corrected chi connectivity index (χ2v) is 4.60. The van der Waals surface area contributed by atoms with Gasteiger partial charge < -0.3 is 10.1 Å². The second-order valence-electron chi connectivity index (χ2n) is 4.60. The van der Waals surface area contributed by atoms with E-state index >= 15 is 0 Å². The molecule has 1 rings (SSSR count). The van der Waals surface area contributed by atoms with Gasteiger partial charge in [0.15, 0.2) is 0 Å². The molecule has 0 aromatic heterocycles. The largest absolute Gasteiger partial charge is 0.411 e. The van der Waals surface area contributed by atoms with E-state index in [1.807, 2.05) is 26.0 Å². The van der Waals surface area contributed by atoms with Gasteiger partial charge in [0.25, 0.3) is 5.91 Å². The Morgan fingerprint density at radius 2 is 2.00 bits per heavy atom. The van der Waals surface area contributed by atoms with Crippen LogP contribution in [0.1, 0.15) is 27.9 Å². The first kappa shape index (κ1) is 16.5. The summed E-state index contributed by atoms with van der Waals surface area (Å²) in [7, 11) is 0. The number of nitrogens with one attached hydrogen (secondary N) is 1. The summed E-state index contributed by atoms with van der Waals surface area (Å²) in [6, 6.07) is 5.48. The minimum Gasteiger partial charge on any atom is -0.372 e. The van der Waals surface area contributed by atoms with E-state index in [1.54, 1.807) is 6.07 Å². The second kappa shape index (κ2) is 7.28. The summed E-state index contributed by atoms with van der Waals surface area (Å²) < 4.78 is 39.8. The van der Waals surface area contributed by atoms with E-state index in [9.17, 15) is 18.0 Å². The molecule has 0 aliphatic heterocycles. The lowest BCUT2D eigenvalue weighted by molar-refractivity contribution is -0.173. The minimum atomic E-state index is -4.30. The summed E-state index contributed by atoms with van der Waals surface area (Å²) in [5.74, 6) is -0.224. The number of hydrogen-bond donors (Lipinski definition) is 1. The first-order valence-electron chi connectivity index (χ1n) is 6.29. The van der Waals surface area contributed by atoms with Gasteiger partial charge in [-0.15, -0.1) is 0 Å². The van der Waals surface area contributed by atoms with Gasteiger partial charge in [-0.2, -0.15) is 13.2 Å². The molecule has 0 saturated carbocycles. The standard InChI is InChI=1S/C14H18F3NO2/c1-10-4-5-12(11(2)8-10)13(19)18-6-3-7-20-9-14(15,16)17/h4-5,8H,3,6-7,9H2,1-2H3,(H,18,19). The van der Waals surface area contributed by atoms with E-state index in [4.69, 9.17) is 0 Å². The zero-order valence-corrected chi connectivity index (χ0v) is 11.5. The Kier molecular flexibility index (Phi) is 6.01. The van der Waals surface area contributed by atoms with Gasteiger partial charge in [0.05, 0.1) is 0 Å². The third-order valence-corrected chi connectivity index (χ3v) is 2.64. The molecule has 1 aromatic rings. The quantitative estimate of drug-likeness (QED) is 0.818. The molecule has 0 atom stereocenters. The van der Waals surface area contributed by atoms with Gasteiger partial charge in [-0.25, -0.2) is 0 Å². The van der Waals surface area contributed by atoms with Crippen LogP contribution < -0.4 is 5.32 Å². The van der Waals surface area contributed by atoms with Crippen LogP contribution in [0.3, 0.4) is 0 Å². The Labute approximate surface area is 116 Å². The van der Waals surface area contributed by atoms with Crippen LogP contribution in [0, 0.1) is 13.8 Å². The first-order chi connectivity index (χ1) is 9.29. The van der Waals surface area contributed by atoms with Crippen molar-refractivity contribution in [1.29, 1.82) is 0 Å². The molecule has 0 unspecified atom stereocenters. The zero-order chi connectivity index (χ0) is 15.2. The highest BCUT2D eigenvalue weighted by molar-refractivity contribution is 5.95. The number of carbonyl (C=O) groups excluding carboxylic acids is 1. The predicted molar refractivity (Wildman–Crippen MR) is 69.7 cm³/mol. The summed E-state index contributed by atoms with van der Waals surface area (Å²) in [6.07, 6.45) is -3.96. The smallest absolute Gasteiger partial charge is 0.372 e. The van der Waals surface area contributed by atoms with Gasteiger partial charge in [-0.1, -0.05) is 17.7 Å². The Balaban J connectivity index is 2.27. The van der Waals surface area contributed by atoms with Crippen LogP contribution in [0.15, 0.2) is 18.2 Å². The van der Waals surface area contributed by atoms with Gasteiger partial charge in [-0.3, -0.25) is 4.79 Å². The summed E-state index contributed by atoms with van der Waals surface area (Å²) in [5.41, 5.74) is 2.52. The topological polar surface area (TPSA) is 38.3 Å². The summed E-state index contributed by atoms with van der Waals surface area (Å²) in [5, 5.41) is 2.66. The molecule has 0 aliphatic rings. The fourth-order valence-corrected chi connectivity index (χ4v) is 1.73. The molecule has 0 bridgehead atoms. The normalized spacial score (nSPS) is 11.4. The molecule has 1 aromatic carbocycles.